The van der Waals surface area contributed by atoms with E-state index in [1.165, 1.54) is 12.1 Å². The minimum atomic E-state index is -4.97. The summed E-state index contributed by atoms with van der Waals surface area (Å²) in [4.78, 5) is 23.2. The molecule has 0 saturated carbocycles. The molecule has 0 fully saturated rings. The van der Waals surface area contributed by atoms with Gasteiger partial charge in [-0.3, -0.25) is 20.2 Å². The molecule has 1 heterocycles. The summed E-state index contributed by atoms with van der Waals surface area (Å²) in [7, 11) is 0. The number of rotatable bonds is 6. The third-order valence-corrected chi connectivity index (χ3v) is 4.26. The van der Waals surface area contributed by atoms with Gasteiger partial charge in [-0.05, 0) is 30.2 Å². The number of aromatic hydroxyl groups is 1. The molecule has 2 aromatic carbocycles. The number of H-pyrrole nitrogens is 1. The molecule has 0 aliphatic rings. The number of alkyl halides is 3. The van der Waals surface area contributed by atoms with Crippen LogP contribution in [0.1, 0.15) is 11.1 Å². The van der Waals surface area contributed by atoms with Gasteiger partial charge in [-0.2, -0.15) is 13.2 Å². The number of anilines is 1. The Hall–Kier alpha value is -3.83. The fraction of sp³-hybridized carbons (Fsp3) is 0.176. The number of nitrogens with zero attached hydrogens (tertiary/aromatic N) is 2. The third-order valence-electron chi connectivity index (χ3n) is 4.26. The van der Waals surface area contributed by atoms with Crippen molar-refractivity contribution in [2.75, 3.05) is 11.9 Å². The fourth-order valence-electron chi connectivity index (χ4n) is 2.94. The maximum atomic E-state index is 12.9. The second-order valence-corrected chi connectivity index (χ2v) is 6.12. The normalized spacial score (nSPS) is 11.6. The average molecular weight is 410 g/mol. The van der Waals surface area contributed by atoms with E-state index in [0.717, 1.165) is 5.52 Å². The van der Waals surface area contributed by atoms with Crippen LogP contribution >= 0.6 is 0 Å². The Balaban J connectivity index is 1.92. The molecule has 9 nitrogen and oxygen atoms in total. The molecular formula is C17H13F3N4O5. The summed E-state index contributed by atoms with van der Waals surface area (Å²) < 4.78 is 38.8. The predicted octanol–water partition coefficient (Wildman–Crippen LogP) is 4.36. The van der Waals surface area contributed by atoms with Crippen molar-refractivity contribution in [1.29, 1.82) is 0 Å². The summed E-state index contributed by atoms with van der Waals surface area (Å²) in [5, 5.41) is 35.2. The number of hydrogen-bond acceptors (Lipinski definition) is 6. The maximum Gasteiger partial charge on any atom is 0.416 e. The molecule has 1 aromatic heterocycles. The van der Waals surface area contributed by atoms with Gasteiger partial charge in [-0.15, -0.1) is 0 Å². The van der Waals surface area contributed by atoms with Gasteiger partial charge in [0.05, 0.1) is 15.4 Å². The molecule has 152 valence electrons. The Morgan fingerprint density at radius 1 is 1.07 bits per heavy atom. The van der Waals surface area contributed by atoms with Gasteiger partial charge in [-0.25, -0.2) is 0 Å². The zero-order chi connectivity index (χ0) is 21.3. The van der Waals surface area contributed by atoms with Gasteiger partial charge in [-0.1, -0.05) is 0 Å². The molecule has 0 saturated heterocycles. The number of phenols is 1. The van der Waals surface area contributed by atoms with E-state index in [1.54, 1.807) is 12.3 Å². The molecule has 0 spiro atoms. The highest BCUT2D eigenvalue weighted by molar-refractivity contribution is 5.84. The van der Waals surface area contributed by atoms with Crippen LogP contribution in [-0.2, 0) is 12.6 Å². The number of benzene rings is 2. The van der Waals surface area contributed by atoms with Gasteiger partial charge in [0.15, 0.2) is 5.69 Å². The Morgan fingerprint density at radius 3 is 2.24 bits per heavy atom. The van der Waals surface area contributed by atoms with E-state index in [4.69, 9.17) is 0 Å². The van der Waals surface area contributed by atoms with E-state index in [2.05, 4.69) is 10.3 Å². The van der Waals surface area contributed by atoms with Crippen molar-refractivity contribution in [3.05, 3.63) is 67.9 Å². The first-order chi connectivity index (χ1) is 13.6. The highest BCUT2D eigenvalue weighted by Gasteiger charge is 2.37. The molecule has 0 amide bonds. The number of nitrogens with one attached hydrogen (secondary N) is 2. The number of nitro groups is 2. The second kappa shape index (κ2) is 7.30. The van der Waals surface area contributed by atoms with Gasteiger partial charge in [0.2, 0.25) is 0 Å². The topological polar surface area (TPSA) is 134 Å². The standard InChI is InChI=1S/C17H13F3N4O5/c18-17(19,20)10-5-14(23(26)27)16(15(6-10)24(28)29)21-4-3-9-8-22-13-2-1-11(25)7-12(9)13/h1-2,5-8,21-22,25H,3-4H2. The molecule has 3 rings (SSSR count). The highest BCUT2D eigenvalue weighted by Crippen LogP contribution is 2.41. The molecule has 29 heavy (non-hydrogen) atoms. The molecule has 0 bridgehead atoms. The lowest BCUT2D eigenvalue weighted by Gasteiger charge is -2.11. The second-order valence-electron chi connectivity index (χ2n) is 6.12. The molecule has 0 atom stereocenters. The molecule has 3 aromatic rings. The van der Waals surface area contributed by atoms with E-state index >= 15 is 0 Å². The maximum absolute atomic E-state index is 12.9. The van der Waals surface area contributed by atoms with Crippen LogP contribution in [0.5, 0.6) is 5.75 Å². The number of nitro benzene ring substituents is 2. The van der Waals surface area contributed by atoms with Gasteiger partial charge in [0, 0.05) is 35.8 Å². The first kappa shape index (κ1) is 19.9. The van der Waals surface area contributed by atoms with Gasteiger partial charge >= 0.3 is 6.18 Å². The lowest BCUT2D eigenvalue weighted by atomic mass is 10.1. The zero-order valence-corrected chi connectivity index (χ0v) is 14.5. The molecule has 0 aliphatic heterocycles. The van der Waals surface area contributed by atoms with E-state index in [9.17, 15) is 38.5 Å². The highest BCUT2D eigenvalue weighted by atomic mass is 19.4. The summed E-state index contributed by atoms with van der Waals surface area (Å²) in [6.07, 6.45) is -3.10. The van der Waals surface area contributed by atoms with Crippen LogP contribution in [0.4, 0.5) is 30.2 Å². The number of hydrogen-bond donors (Lipinski definition) is 3. The Bertz CT molecular complexity index is 1080. The lowest BCUT2D eigenvalue weighted by molar-refractivity contribution is -0.392. The Morgan fingerprint density at radius 2 is 1.69 bits per heavy atom. The number of aromatic nitrogens is 1. The molecule has 0 aliphatic carbocycles. The van der Waals surface area contributed by atoms with Crippen molar-refractivity contribution in [3.8, 4) is 5.75 Å². The van der Waals surface area contributed by atoms with Gasteiger partial charge in [0.25, 0.3) is 11.4 Å². The molecule has 3 N–H and O–H groups in total. The van der Waals surface area contributed by atoms with Crippen LogP contribution < -0.4 is 5.32 Å². The van der Waals surface area contributed by atoms with Crippen molar-refractivity contribution in [3.63, 3.8) is 0 Å². The van der Waals surface area contributed by atoms with Crippen molar-refractivity contribution in [2.45, 2.75) is 12.6 Å². The van der Waals surface area contributed by atoms with E-state index in [-0.39, 0.29) is 30.8 Å². The Labute approximate surface area is 160 Å². The predicted molar refractivity (Wildman–Crippen MR) is 96.9 cm³/mol. The first-order valence-corrected chi connectivity index (χ1v) is 8.15. The monoisotopic (exact) mass is 410 g/mol. The van der Waals surface area contributed by atoms with E-state index < -0.39 is 38.6 Å². The summed E-state index contributed by atoms with van der Waals surface area (Å²) in [5.74, 6) is 0.0281. The number of fused-ring (bicyclic) bond motifs is 1. The van der Waals surface area contributed by atoms with Crippen LogP contribution in [-0.4, -0.2) is 26.5 Å². The molecule has 0 unspecified atom stereocenters. The quantitative estimate of drug-likeness (QED) is 0.408. The zero-order valence-electron chi connectivity index (χ0n) is 14.5. The summed E-state index contributed by atoms with van der Waals surface area (Å²) in [6.45, 7) is -0.0321. The van der Waals surface area contributed by atoms with E-state index in [1.807, 2.05) is 0 Å². The largest absolute Gasteiger partial charge is 0.508 e. The molecule has 0 radical (unpaired) electrons. The molecule has 12 heteroatoms. The first-order valence-electron chi connectivity index (χ1n) is 8.15. The van der Waals surface area contributed by atoms with Crippen LogP contribution in [0.2, 0.25) is 0 Å². The minimum absolute atomic E-state index is 0.0281. The SMILES string of the molecule is O=[N+]([O-])c1cc(C(F)(F)F)cc([N+](=O)[O-])c1NCCc1c[nH]c2ccc(O)cc12. The third kappa shape index (κ3) is 4.05. The van der Waals surface area contributed by atoms with Gasteiger partial charge < -0.3 is 15.4 Å². The number of aromatic amines is 1. The summed E-state index contributed by atoms with van der Waals surface area (Å²) in [5.41, 5.74) is -2.72. The average Bonchev–Trinajstić information content (AvgIpc) is 3.02. The van der Waals surface area contributed by atoms with Crippen LogP contribution in [0.15, 0.2) is 36.5 Å². The Kier molecular flexibility index (Phi) is 5.01. The van der Waals surface area contributed by atoms with Crippen LogP contribution in [0, 0.1) is 20.2 Å². The van der Waals surface area contributed by atoms with Crippen LogP contribution in [0.25, 0.3) is 10.9 Å². The van der Waals surface area contributed by atoms with Gasteiger partial charge in [0.1, 0.15) is 5.75 Å². The van der Waals surface area contributed by atoms with Crippen LogP contribution in [0.3, 0.4) is 0 Å². The van der Waals surface area contributed by atoms with Crippen molar-refractivity contribution in [2.24, 2.45) is 0 Å². The minimum Gasteiger partial charge on any atom is -0.508 e. The molecular weight excluding hydrogens is 397 g/mol. The summed E-state index contributed by atoms with van der Waals surface area (Å²) >= 11 is 0. The smallest absolute Gasteiger partial charge is 0.416 e. The van der Waals surface area contributed by atoms with Crippen molar-refractivity contribution >= 4 is 28.0 Å². The van der Waals surface area contributed by atoms with Crippen molar-refractivity contribution in [1.82, 2.24) is 4.98 Å². The number of phenolic OH excluding ortho intramolecular Hbond substituents is 1. The van der Waals surface area contributed by atoms with E-state index in [0.29, 0.717) is 10.9 Å². The fourth-order valence-corrected chi connectivity index (χ4v) is 2.94. The summed E-state index contributed by atoms with van der Waals surface area (Å²) in [6, 6.07) is 5.16. The lowest BCUT2D eigenvalue weighted by Crippen LogP contribution is -2.12. The number of halogens is 3. The van der Waals surface area contributed by atoms with Crippen molar-refractivity contribution < 1.29 is 28.1 Å².